The molecule has 0 nitrogen and oxygen atoms in total. The summed E-state index contributed by atoms with van der Waals surface area (Å²) in [6.45, 7) is 6.49. The highest BCUT2D eigenvalue weighted by Gasteiger charge is 2.00. The smallest absolute Gasteiger partial charge is 0.0283 e. The molecule has 0 heterocycles. The molecule has 0 N–H and O–H groups in total. The van der Waals surface area contributed by atoms with E-state index in [1.165, 1.54) is 33.4 Å². The lowest BCUT2D eigenvalue weighted by Crippen LogP contribution is -1.86. The summed E-state index contributed by atoms with van der Waals surface area (Å²) in [5.41, 5.74) is 7.59. The maximum Gasteiger partial charge on any atom is 0.0283 e. The van der Waals surface area contributed by atoms with Crippen molar-refractivity contribution in [3.63, 3.8) is 0 Å². The van der Waals surface area contributed by atoms with Crippen LogP contribution in [-0.4, -0.2) is 0 Å². The maximum absolute atomic E-state index is 3.48. The van der Waals surface area contributed by atoms with Crippen LogP contribution in [0.2, 0.25) is 0 Å². The summed E-state index contributed by atoms with van der Waals surface area (Å²) in [4.78, 5) is 0. The summed E-state index contributed by atoms with van der Waals surface area (Å²) in [5.74, 6) is 0. The highest BCUT2D eigenvalue weighted by atomic mass is 79.9. The summed E-state index contributed by atoms with van der Waals surface area (Å²) in [6, 6.07) is 17.0. The summed E-state index contributed by atoms with van der Waals surface area (Å²) in [6.07, 6.45) is 6.62. The van der Waals surface area contributed by atoms with Gasteiger partial charge in [0.2, 0.25) is 0 Å². The number of allylic oxidation sites excluding steroid dienone is 4. The van der Waals surface area contributed by atoms with Gasteiger partial charge in [-0.25, -0.2) is 0 Å². The molecule has 2 aromatic rings. The van der Waals surface area contributed by atoms with Crippen molar-refractivity contribution in [3.8, 4) is 0 Å². The maximum atomic E-state index is 3.48. The van der Waals surface area contributed by atoms with Crippen molar-refractivity contribution in [1.29, 1.82) is 0 Å². The first kappa shape index (κ1) is 19.0. The molecule has 0 saturated carbocycles. The van der Waals surface area contributed by atoms with Gasteiger partial charge in [0.1, 0.15) is 0 Å². The molecule has 0 spiro atoms. The third-order valence-corrected chi connectivity index (χ3v) is 4.97. The molecule has 0 saturated heterocycles. The summed E-state index contributed by atoms with van der Waals surface area (Å²) in [5, 5.41) is 0.894. The highest BCUT2D eigenvalue weighted by molar-refractivity contribution is 9.10. The second kappa shape index (κ2) is 9.19. The highest BCUT2D eigenvalue weighted by Crippen LogP contribution is 2.21. The zero-order valence-electron chi connectivity index (χ0n) is 14.3. The van der Waals surface area contributed by atoms with E-state index in [0.717, 1.165) is 9.80 Å². The van der Waals surface area contributed by atoms with E-state index in [2.05, 4.69) is 119 Å². The van der Waals surface area contributed by atoms with Crippen molar-refractivity contribution < 1.29 is 0 Å². The number of hydrogen-bond donors (Lipinski definition) is 0. The Morgan fingerprint density at radius 3 is 2.00 bits per heavy atom. The Kier molecular flexibility index (Phi) is 7.26. The van der Waals surface area contributed by atoms with E-state index >= 15 is 0 Å². The van der Waals surface area contributed by atoms with Crippen LogP contribution in [0.1, 0.15) is 37.5 Å². The normalized spacial score (nSPS) is 11.8. The van der Waals surface area contributed by atoms with Gasteiger partial charge < -0.3 is 0 Å². The number of rotatable bonds is 5. The Hall–Kier alpha value is -1.38. The van der Waals surface area contributed by atoms with Gasteiger partial charge >= 0.3 is 0 Å². The lowest BCUT2D eigenvalue weighted by Gasteiger charge is -2.07. The zero-order chi connectivity index (χ0) is 17.5. The second-order valence-electron chi connectivity index (χ2n) is 6.00. The van der Waals surface area contributed by atoms with Crippen molar-refractivity contribution in [2.24, 2.45) is 0 Å². The molecular weight excluding hydrogens is 424 g/mol. The Labute approximate surface area is 162 Å². The van der Waals surface area contributed by atoms with Crippen molar-refractivity contribution >= 4 is 44.0 Å². The molecule has 0 radical (unpaired) electrons. The molecule has 0 aromatic heterocycles. The van der Waals surface area contributed by atoms with Gasteiger partial charge in [-0.15, -0.1) is 0 Å². The molecule has 2 rings (SSSR count). The van der Waals surface area contributed by atoms with Crippen LogP contribution in [0, 0.1) is 0 Å². The summed E-state index contributed by atoms with van der Waals surface area (Å²) in [7, 11) is 0. The van der Waals surface area contributed by atoms with Gasteiger partial charge in [0, 0.05) is 9.80 Å². The average Bonchev–Trinajstić information content (AvgIpc) is 2.57. The quantitative estimate of drug-likeness (QED) is 0.325. The predicted molar refractivity (Wildman–Crippen MR) is 114 cm³/mol. The van der Waals surface area contributed by atoms with Gasteiger partial charge in [-0.2, -0.15) is 0 Å². The molecule has 0 bridgehead atoms. The molecule has 0 aliphatic heterocycles. The molecule has 0 atom stereocenters. The predicted octanol–water partition coefficient (Wildman–Crippen LogP) is 7.80. The molecule has 0 aliphatic rings. The first-order valence-corrected chi connectivity index (χ1v) is 9.86. The number of alkyl halides is 1. The lowest BCUT2D eigenvalue weighted by molar-refractivity contribution is 1.29. The first-order chi connectivity index (χ1) is 11.5. The topological polar surface area (TPSA) is 0 Å². The fourth-order valence-electron chi connectivity index (χ4n) is 2.48. The minimum absolute atomic E-state index is 0.894. The minimum atomic E-state index is 0.894. The molecule has 2 heteroatoms. The largest absolute Gasteiger partial charge is 0.0876 e. The van der Waals surface area contributed by atoms with Gasteiger partial charge in [-0.3, -0.25) is 0 Å². The van der Waals surface area contributed by atoms with E-state index in [4.69, 9.17) is 0 Å². The van der Waals surface area contributed by atoms with Gasteiger partial charge in [0.05, 0.1) is 0 Å². The van der Waals surface area contributed by atoms with Gasteiger partial charge in [-0.1, -0.05) is 92.1 Å². The average molecular weight is 446 g/mol. The van der Waals surface area contributed by atoms with Crippen LogP contribution < -0.4 is 0 Å². The zero-order valence-corrected chi connectivity index (χ0v) is 17.5. The van der Waals surface area contributed by atoms with Gasteiger partial charge in [0.25, 0.3) is 0 Å². The van der Waals surface area contributed by atoms with Crippen molar-refractivity contribution in [3.05, 3.63) is 92.5 Å². The third-order valence-electron chi connectivity index (χ3n) is 3.79. The number of benzene rings is 2. The molecule has 2 aromatic carbocycles. The fourth-order valence-corrected chi connectivity index (χ4v) is 3.11. The van der Waals surface area contributed by atoms with Crippen molar-refractivity contribution in [2.75, 3.05) is 0 Å². The van der Waals surface area contributed by atoms with E-state index in [9.17, 15) is 0 Å². The SMILES string of the molecule is CC(=Cc1ccc(Br)cc1)C(C=Cc1ccc(CBr)cc1)=C(C)C. The van der Waals surface area contributed by atoms with E-state index in [1.807, 2.05) is 0 Å². The molecule has 0 amide bonds. The minimum Gasteiger partial charge on any atom is -0.0876 e. The molecule has 24 heavy (non-hydrogen) atoms. The van der Waals surface area contributed by atoms with E-state index in [1.54, 1.807) is 0 Å². The molecule has 0 unspecified atom stereocenters. The Balaban J connectivity index is 2.24. The molecule has 124 valence electrons. The monoisotopic (exact) mass is 444 g/mol. The Bertz CT molecular complexity index is 757. The van der Waals surface area contributed by atoms with Crippen LogP contribution in [0.3, 0.4) is 0 Å². The first-order valence-electron chi connectivity index (χ1n) is 7.94. The fraction of sp³-hybridized carbons (Fsp3) is 0.182. The van der Waals surface area contributed by atoms with E-state index in [0.29, 0.717) is 0 Å². The third kappa shape index (κ3) is 5.61. The number of halogens is 2. The van der Waals surface area contributed by atoms with Crippen LogP contribution in [-0.2, 0) is 5.33 Å². The summed E-state index contributed by atoms with van der Waals surface area (Å²) < 4.78 is 1.10. The Morgan fingerprint density at radius 2 is 1.46 bits per heavy atom. The van der Waals surface area contributed by atoms with Gasteiger partial charge in [0.15, 0.2) is 0 Å². The van der Waals surface area contributed by atoms with Crippen molar-refractivity contribution in [1.82, 2.24) is 0 Å². The van der Waals surface area contributed by atoms with Crippen molar-refractivity contribution in [2.45, 2.75) is 26.1 Å². The summed E-state index contributed by atoms with van der Waals surface area (Å²) >= 11 is 6.96. The van der Waals surface area contributed by atoms with Crippen LogP contribution in [0.4, 0.5) is 0 Å². The standard InChI is InChI=1S/C22H22Br2/c1-16(2)22(13-10-18-4-6-20(15-23)7-5-18)17(3)14-19-8-11-21(24)12-9-19/h4-14H,15H2,1-3H3. The van der Waals surface area contributed by atoms with E-state index in [-0.39, 0.29) is 0 Å². The number of hydrogen-bond acceptors (Lipinski definition) is 0. The molecule has 0 fully saturated rings. The van der Waals surface area contributed by atoms with E-state index < -0.39 is 0 Å². The lowest BCUT2D eigenvalue weighted by atomic mass is 9.99. The van der Waals surface area contributed by atoms with Crippen LogP contribution in [0.15, 0.2) is 75.8 Å². The second-order valence-corrected chi connectivity index (χ2v) is 7.48. The van der Waals surface area contributed by atoms with Crippen LogP contribution in [0.25, 0.3) is 12.2 Å². The van der Waals surface area contributed by atoms with Crippen LogP contribution >= 0.6 is 31.9 Å². The molecule has 0 aliphatic carbocycles. The van der Waals surface area contributed by atoms with Crippen LogP contribution in [0.5, 0.6) is 0 Å². The molecular formula is C22H22Br2. The Morgan fingerprint density at radius 1 is 0.875 bits per heavy atom. The van der Waals surface area contributed by atoms with Gasteiger partial charge in [-0.05, 0) is 60.7 Å².